The molecule has 3 aliphatic rings. The standard InChI is InChI=1S/C10H6Cl6/c11-5-3-1-2-4(5)10(16,8(14)6(2)12)9(15)7(3)13/h2-5H,1H2/t2-,3-,4?,5?,10?/m0/s1. The van der Waals surface area contributed by atoms with Gasteiger partial charge in [-0.3, -0.25) is 0 Å². The van der Waals surface area contributed by atoms with Gasteiger partial charge in [0, 0.05) is 33.2 Å². The Labute approximate surface area is 123 Å². The van der Waals surface area contributed by atoms with Crippen molar-refractivity contribution in [3.8, 4) is 0 Å². The lowest BCUT2D eigenvalue weighted by Gasteiger charge is -2.37. The van der Waals surface area contributed by atoms with Gasteiger partial charge >= 0.3 is 0 Å². The summed E-state index contributed by atoms with van der Waals surface area (Å²) in [5.74, 6) is 0.0937. The fraction of sp³-hybridized carbons (Fsp3) is 0.600. The molecule has 3 rings (SSSR count). The Kier molecular flexibility index (Phi) is 2.77. The Morgan fingerprint density at radius 1 is 0.938 bits per heavy atom. The van der Waals surface area contributed by atoms with Gasteiger partial charge in [0.1, 0.15) is 4.87 Å². The minimum Gasteiger partial charge on any atom is -0.122 e. The first-order chi connectivity index (χ1) is 7.40. The lowest BCUT2D eigenvalue weighted by Crippen LogP contribution is -2.40. The van der Waals surface area contributed by atoms with E-state index < -0.39 is 4.87 Å². The molecule has 0 aromatic carbocycles. The molecule has 0 saturated heterocycles. The molecule has 6 heteroatoms. The summed E-state index contributed by atoms with van der Waals surface area (Å²) in [6.07, 6.45) is 0.775. The summed E-state index contributed by atoms with van der Waals surface area (Å²) in [5.41, 5.74) is 0. The van der Waals surface area contributed by atoms with Crippen LogP contribution in [0.1, 0.15) is 6.42 Å². The molecular formula is C10H6Cl6. The number of alkyl halides is 2. The van der Waals surface area contributed by atoms with Crippen molar-refractivity contribution in [3.63, 3.8) is 0 Å². The Balaban J connectivity index is 2.29. The smallest absolute Gasteiger partial charge is 0.122 e. The normalized spacial score (nSPS) is 50.6. The van der Waals surface area contributed by atoms with Crippen LogP contribution in [0.2, 0.25) is 0 Å². The monoisotopic (exact) mass is 336 g/mol. The molecule has 3 aliphatic carbocycles. The van der Waals surface area contributed by atoms with E-state index >= 15 is 0 Å². The van der Waals surface area contributed by atoms with Gasteiger partial charge in [-0.25, -0.2) is 0 Å². The van der Waals surface area contributed by atoms with Gasteiger partial charge in [-0.05, 0) is 6.42 Å². The third kappa shape index (κ3) is 1.17. The van der Waals surface area contributed by atoms with E-state index in [4.69, 9.17) is 69.6 Å². The quantitative estimate of drug-likeness (QED) is 0.530. The Hall–Kier alpha value is 1.22. The Morgan fingerprint density at radius 2 is 1.44 bits per heavy atom. The second-order valence-electron chi connectivity index (χ2n) is 4.45. The highest BCUT2D eigenvalue weighted by molar-refractivity contribution is 6.53. The average molecular weight is 339 g/mol. The van der Waals surface area contributed by atoms with E-state index in [9.17, 15) is 0 Å². The van der Waals surface area contributed by atoms with Crippen molar-refractivity contribution in [2.45, 2.75) is 16.7 Å². The molecular weight excluding hydrogens is 333 g/mol. The van der Waals surface area contributed by atoms with E-state index in [0.717, 1.165) is 6.42 Å². The molecule has 0 spiro atoms. The maximum absolute atomic E-state index is 6.55. The molecule has 1 saturated carbocycles. The van der Waals surface area contributed by atoms with Crippen LogP contribution in [0.15, 0.2) is 20.1 Å². The van der Waals surface area contributed by atoms with Gasteiger partial charge in [-0.1, -0.05) is 46.4 Å². The topological polar surface area (TPSA) is 0 Å². The molecule has 0 amide bonds. The van der Waals surface area contributed by atoms with Gasteiger partial charge in [0.25, 0.3) is 0 Å². The third-order valence-corrected chi connectivity index (χ3v) is 7.37. The molecule has 0 radical (unpaired) electrons. The van der Waals surface area contributed by atoms with Crippen LogP contribution in [0.4, 0.5) is 0 Å². The van der Waals surface area contributed by atoms with Crippen LogP contribution < -0.4 is 0 Å². The minimum absolute atomic E-state index is 0.0455. The summed E-state index contributed by atoms with van der Waals surface area (Å²) >= 11 is 37.8. The van der Waals surface area contributed by atoms with Crippen molar-refractivity contribution in [1.82, 2.24) is 0 Å². The highest BCUT2D eigenvalue weighted by Crippen LogP contribution is 2.69. The third-order valence-electron chi connectivity index (χ3n) is 3.84. The van der Waals surface area contributed by atoms with Crippen molar-refractivity contribution in [2.24, 2.45) is 17.8 Å². The molecule has 0 aromatic heterocycles. The highest BCUT2D eigenvalue weighted by atomic mass is 35.5. The van der Waals surface area contributed by atoms with Gasteiger partial charge in [-0.2, -0.15) is 0 Å². The van der Waals surface area contributed by atoms with Crippen molar-refractivity contribution in [1.29, 1.82) is 0 Å². The van der Waals surface area contributed by atoms with Crippen molar-refractivity contribution in [3.05, 3.63) is 20.1 Å². The number of allylic oxidation sites excluding steroid dienone is 4. The summed E-state index contributed by atoms with van der Waals surface area (Å²) in [6.45, 7) is 0. The van der Waals surface area contributed by atoms with Crippen molar-refractivity contribution >= 4 is 69.6 Å². The maximum atomic E-state index is 6.55. The first-order valence-corrected chi connectivity index (χ1v) is 7.17. The van der Waals surface area contributed by atoms with E-state index in [1.807, 2.05) is 0 Å². The average Bonchev–Trinajstić information content (AvgIpc) is 2.66. The van der Waals surface area contributed by atoms with Crippen LogP contribution in [0.5, 0.6) is 0 Å². The lowest BCUT2D eigenvalue weighted by molar-refractivity contribution is 0.433. The summed E-state index contributed by atoms with van der Waals surface area (Å²) < 4.78 is 0. The van der Waals surface area contributed by atoms with Crippen LogP contribution in [0.25, 0.3) is 0 Å². The Bertz CT molecular complexity index is 439. The highest BCUT2D eigenvalue weighted by Gasteiger charge is 2.65. The second kappa shape index (κ2) is 3.62. The molecule has 5 atom stereocenters. The summed E-state index contributed by atoms with van der Waals surface area (Å²) in [7, 11) is 0. The van der Waals surface area contributed by atoms with Gasteiger partial charge in [-0.15, -0.1) is 23.2 Å². The molecule has 0 aliphatic heterocycles. The zero-order valence-electron chi connectivity index (χ0n) is 7.78. The van der Waals surface area contributed by atoms with E-state index in [1.165, 1.54) is 0 Å². The molecule has 3 unspecified atom stereocenters. The van der Waals surface area contributed by atoms with E-state index in [2.05, 4.69) is 0 Å². The van der Waals surface area contributed by atoms with Gasteiger partial charge in [0.2, 0.25) is 0 Å². The molecule has 0 heterocycles. The largest absolute Gasteiger partial charge is 0.122 e. The van der Waals surface area contributed by atoms with E-state index in [-0.39, 0.29) is 23.1 Å². The maximum Gasteiger partial charge on any atom is 0.122 e. The first-order valence-electron chi connectivity index (χ1n) is 4.85. The van der Waals surface area contributed by atoms with Crippen molar-refractivity contribution < 1.29 is 0 Å². The fourth-order valence-corrected chi connectivity index (χ4v) is 5.91. The van der Waals surface area contributed by atoms with Crippen LogP contribution in [-0.2, 0) is 0 Å². The molecule has 88 valence electrons. The summed E-state index contributed by atoms with van der Waals surface area (Å²) in [4.78, 5) is -0.999. The minimum atomic E-state index is -0.999. The van der Waals surface area contributed by atoms with Crippen LogP contribution in [0, 0.1) is 17.8 Å². The molecule has 16 heavy (non-hydrogen) atoms. The number of halogens is 6. The molecule has 0 aromatic rings. The lowest BCUT2D eigenvalue weighted by atomic mass is 9.84. The fourth-order valence-electron chi connectivity index (χ4n) is 3.09. The number of hydrogen-bond donors (Lipinski definition) is 0. The van der Waals surface area contributed by atoms with Crippen LogP contribution in [-0.4, -0.2) is 10.3 Å². The van der Waals surface area contributed by atoms with Gasteiger partial charge < -0.3 is 0 Å². The SMILES string of the molecule is ClC1=C(Cl)C2(Cl)C(Cl)=C(Cl)[C@H]3C[C@H]1C(Cl)C32. The predicted molar refractivity (Wildman–Crippen MR) is 70.8 cm³/mol. The molecule has 2 bridgehead atoms. The van der Waals surface area contributed by atoms with Gasteiger partial charge in [0.05, 0.1) is 10.1 Å². The van der Waals surface area contributed by atoms with Crippen molar-refractivity contribution in [2.75, 3.05) is 0 Å². The number of rotatable bonds is 0. The molecule has 0 N–H and O–H groups in total. The van der Waals surface area contributed by atoms with Crippen LogP contribution in [0.3, 0.4) is 0 Å². The zero-order valence-corrected chi connectivity index (χ0v) is 12.3. The predicted octanol–water partition coefficient (Wildman–Crippen LogP) is 5.23. The summed E-state index contributed by atoms with van der Waals surface area (Å²) in [6, 6.07) is 0. The second-order valence-corrected chi connectivity index (χ2v) is 7.12. The van der Waals surface area contributed by atoms with E-state index in [0.29, 0.717) is 20.1 Å². The first kappa shape index (κ1) is 12.3. The number of hydrogen-bond acceptors (Lipinski definition) is 0. The zero-order chi connectivity index (χ0) is 11.8. The van der Waals surface area contributed by atoms with E-state index in [1.54, 1.807) is 0 Å². The molecule has 0 nitrogen and oxygen atoms in total. The van der Waals surface area contributed by atoms with Crippen LogP contribution >= 0.6 is 69.6 Å². The number of fused-ring (bicyclic) bond motifs is 1. The Morgan fingerprint density at radius 3 is 2.00 bits per heavy atom. The van der Waals surface area contributed by atoms with Gasteiger partial charge in [0.15, 0.2) is 0 Å². The molecule has 1 fully saturated rings. The summed E-state index contributed by atoms with van der Waals surface area (Å²) in [5, 5.41) is 1.76.